The molecule has 5 heterocycles. The van der Waals surface area contributed by atoms with Gasteiger partial charge in [-0.15, -0.1) is 11.3 Å². The molecular formula is C20H25N7OS. The first kappa shape index (κ1) is 18.7. The van der Waals surface area contributed by atoms with Crippen LogP contribution in [0.1, 0.15) is 24.1 Å². The zero-order chi connectivity index (χ0) is 19.6. The molecular weight excluding hydrogens is 386 g/mol. The maximum Gasteiger partial charge on any atom is 0.219 e. The molecule has 152 valence electrons. The summed E-state index contributed by atoms with van der Waals surface area (Å²) in [5.74, 6) is 1.88. The van der Waals surface area contributed by atoms with Gasteiger partial charge in [0.25, 0.3) is 0 Å². The van der Waals surface area contributed by atoms with Crippen molar-refractivity contribution in [1.82, 2.24) is 24.8 Å². The lowest BCUT2D eigenvalue weighted by molar-refractivity contribution is 0.122. The van der Waals surface area contributed by atoms with Gasteiger partial charge < -0.3 is 15.4 Å². The van der Waals surface area contributed by atoms with Gasteiger partial charge in [0, 0.05) is 36.9 Å². The molecule has 0 saturated carbocycles. The first-order valence-electron chi connectivity index (χ1n) is 10.2. The summed E-state index contributed by atoms with van der Waals surface area (Å²) in [6.45, 7) is 6.47. The number of nitrogens with zero attached hydrogens (tertiary/aromatic N) is 6. The lowest BCUT2D eigenvalue weighted by Crippen LogP contribution is -2.36. The van der Waals surface area contributed by atoms with Crippen LogP contribution in [-0.2, 0) is 11.3 Å². The van der Waals surface area contributed by atoms with Crippen LogP contribution in [0.2, 0.25) is 0 Å². The average molecular weight is 412 g/mol. The third kappa shape index (κ3) is 4.03. The van der Waals surface area contributed by atoms with Gasteiger partial charge in [-0.2, -0.15) is 0 Å². The van der Waals surface area contributed by atoms with E-state index in [1.54, 1.807) is 12.4 Å². The Balaban J connectivity index is 1.54. The molecule has 0 bridgehead atoms. The van der Waals surface area contributed by atoms with Gasteiger partial charge in [-0.1, -0.05) is 6.42 Å². The minimum Gasteiger partial charge on any atom is -0.378 e. The van der Waals surface area contributed by atoms with E-state index in [-0.39, 0.29) is 5.95 Å². The summed E-state index contributed by atoms with van der Waals surface area (Å²) in [4.78, 5) is 24.2. The van der Waals surface area contributed by atoms with E-state index < -0.39 is 0 Å². The summed E-state index contributed by atoms with van der Waals surface area (Å²) in [5.41, 5.74) is 7.41. The summed E-state index contributed by atoms with van der Waals surface area (Å²) in [6.07, 6.45) is 7.32. The highest BCUT2D eigenvalue weighted by Crippen LogP contribution is 2.35. The van der Waals surface area contributed by atoms with E-state index in [9.17, 15) is 0 Å². The molecule has 3 aromatic rings. The van der Waals surface area contributed by atoms with Crippen LogP contribution in [0.3, 0.4) is 0 Å². The Labute approximate surface area is 173 Å². The van der Waals surface area contributed by atoms with Crippen molar-refractivity contribution >= 4 is 33.3 Å². The summed E-state index contributed by atoms with van der Waals surface area (Å²) >= 11 is 1.82. The van der Waals surface area contributed by atoms with Gasteiger partial charge in [0.1, 0.15) is 0 Å². The van der Waals surface area contributed by atoms with Crippen molar-refractivity contribution in [3.63, 3.8) is 0 Å². The van der Waals surface area contributed by atoms with Crippen molar-refractivity contribution in [2.24, 2.45) is 0 Å². The monoisotopic (exact) mass is 411 g/mol. The maximum absolute atomic E-state index is 5.65. The molecule has 2 fully saturated rings. The number of fused-ring (bicyclic) bond motifs is 1. The number of morpholine rings is 1. The first-order chi connectivity index (χ1) is 14.3. The van der Waals surface area contributed by atoms with Gasteiger partial charge in [0.15, 0.2) is 11.6 Å². The second-order valence-corrected chi connectivity index (χ2v) is 8.70. The zero-order valence-electron chi connectivity index (χ0n) is 16.4. The van der Waals surface area contributed by atoms with Crippen molar-refractivity contribution in [3.05, 3.63) is 23.3 Å². The van der Waals surface area contributed by atoms with E-state index in [1.165, 1.54) is 37.2 Å². The predicted molar refractivity (Wildman–Crippen MR) is 115 cm³/mol. The molecule has 5 rings (SSSR count). The van der Waals surface area contributed by atoms with Gasteiger partial charge >= 0.3 is 0 Å². The number of likely N-dealkylation sites (tertiary alicyclic amines) is 1. The molecule has 3 aromatic heterocycles. The van der Waals surface area contributed by atoms with Crippen molar-refractivity contribution in [2.75, 3.05) is 50.0 Å². The fraction of sp³-hybridized carbons (Fsp3) is 0.500. The van der Waals surface area contributed by atoms with Crippen LogP contribution >= 0.6 is 11.3 Å². The number of hydrogen-bond donors (Lipinski definition) is 1. The Kier molecular flexibility index (Phi) is 5.26. The number of thiophene rings is 1. The number of hydrogen-bond acceptors (Lipinski definition) is 9. The molecule has 2 saturated heterocycles. The molecule has 0 atom stereocenters. The normalized spacial score (nSPS) is 18.4. The van der Waals surface area contributed by atoms with Crippen LogP contribution < -0.4 is 10.6 Å². The largest absolute Gasteiger partial charge is 0.378 e. The fourth-order valence-electron chi connectivity index (χ4n) is 3.95. The Morgan fingerprint density at radius 3 is 2.52 bits per heavy atom. The van der Waals surface area contributed by atoms with E-state index in [1.807, 2.05) is 11.3 Å². The van der Waals surface area contributed by atoms with Crippen LogP contribution in [-0.4, -0.2) is 64.2 Å². The number of ether oxygens (including phenoxy) is 1. The molecule has 0 radical (unpaired) electrons. The van der Waals surface area contributed by atoms with Crippen molar-refractivity contribution in [3.8, 4) is 11.4 Å². The average Bonchev–Trinajstić information content (AvgIpc) is 3.17. The van der Waals surface area contributed by atoms with E-state index in [0.29, 0.717) is 5.82 Å². The van der Waals surface area contributed by atoms with E-state index >= 15 is 0 Å². The van der Waals surface area contributed by atoms with Gasteiger partial charge in [-0.25, -0.2) is 19.9 Å². The summed E-state index contributed by atoms with van der Waals surface area (Å²) < 4.78 is 6.70. The molecule has 2 N–H and O–H groups in total. The molecule has 29 heavy (non-hydrogen) atoms. The van der Waals surface area contributed by atoms with Crippen LogP contribution in [0.4, 0.5) is 11.8 Å². The second-order valence-electron chi connectivity index (χ2n) is 7.56. The molecule has 9 heteroatoms. The molecule has 0 aliphatic carbocycles. The Hall–Kier alpha value is -2.36. The quantitative estimate of drug-likeness (QED) is 0.700. The highest BCUT2D eigenvalue weighted by molar-refractivity contribution is 7.19. The number of rotatable bonds is 4. The van der Waals surface area contributed by atoms with Crippen LogP contribution in [0, 0.1) is 0 Å². The number of anilines is 2. The maximum atomic E-state index is 5.65. The number of aromatic nitrogens is 4. The van der Waals surface area contributed by atoms with Crippen molar-refractivity contribution < 1.29 is 4.74 Å². The molecule has 0 unspecified atom stereocenters. The Morgan fingerprint density at radius 1 is 1.00 bits per heavy atom. The van der Waals surface area contributed by atoms with Crippen LogP contribution in [0.25, 0.3) is 21.6 Å². The lowest BCUT2D eigenvalue weighted by Gasteiger charge is -2.28. The Bertz CT molecular complexity index is 978. The fourth-order valence-corrected chi connectivity index (χ4v) is 5.11. The second kappa shape index (κ2) is 8.17. The minimum atomic E-state index is 0.252. The lowest BCUT2D eigenvalue weighted by atomic mass is 10.1. The highest BCUT2D eigenvalue weighted by Gasteiger charge is 2.21. The van der Waals surface area contributed by atoms with Gasteiger partial charge in [0.2, 0.25) is 5.95 Å². The summed E-state index contributed by atoms with van der Waals surface area (Å²) in [7, 11) is 0. The van der Waals surface area contributed by atoms with E-state index in [4.69, 9.17) is 20.4 Å². The Morgan fingerprint density at radius 2 is 1.76 bits per heavy atom. The standard InChI is InChI=1S/C20H25N7OS/c21-20-22-11-14(12-23-20)18-24-16-10-15(13-26-4-2-1-3-5-26)29-17(16)19(25-18)27-6-8-28-9-7-27/h10-12H,1-9,13H2,(H2,21,22,23). The van der Waals surface area contributed by atoms with E-state index in [0.717, 1.165) is 54.4 Å². The first-order valence-corrected chi connectivity index (χ1v) is 11.0. The number of piperidine rings is 1. The third-order valence-electron chi connectivity index (χ3n) is 5.47. The zero-order valence-corrected chi connectivity index (χ0v) is 17.2. The number of nitrogen functional groups attached to an aromatic ring is 1. The molecule has 0 spiro atoms. The molecule has 2 aliphatic rings. The SMILES string of the molecule is Nc1ncc(-c2nc(N3CCOCC3)c3sc(CN4CCCCC4)cc3n2)cn1. The third-order valence-corrected chi connectivity index (χ3v) is 6.58. The van der Waals surface area contributed by atoms with Gasteiger partial charge in [-0.3, -0.25) is 4.90 Å². The van der Waals surface area contributed by atoms with Crippen molar-refractivity contribution in [2.45, 2.75) is 25.8 Å². The molecule has 8 nitrogen and oxygen atoms in total. The summed E-state index contributed by atoms with van der Waals surface area (Å²) in [5, 5.41) is 0. The highest BCUT2D eigenvalue weighted by atomic mass is 32.1. The minimum absolute atomic E-state index is 0.252. The van der Waals surface area contributed by atoms with Crippen LogP contribution in [0.15, 0.2) is 18.5 Å². The van der Waals surface area contributed by atoms with E-state index in [2.05, 4.69) is 25.8 Å². The van der Waals surface area contributed by atoms with Gasteiger partial charge in [-0.05, 0) is 32.0 Å². The van der Waals surface area contributed by atoms with Crippen molar-refractivity contribution in [1.29, 1.82) is 0 Å². The molecule has 0 aromatic carbocycles. The molecule has 2 aliphatic heterocycles. The van der Waals surface area contributed by atoms with Gasteiger partial charge in [0.05, 0.1) is 29.0 Å². The molecule has 0 amide bonds. The summed E-state index contributed by atoms with van der Waals surface area (Å²) in [6, 6.07) is 2.22. The number of nitrogens with two attached hydrogens (primary N) is 1. The topological polar surface area (TPSA) is 93.3 Å². The predicted octanol–water partition coefficient (Wildman–Crippen LogP) is 2.55. The van der Waals surface area contributed by atoms with Crippen LogP contribution in [0.5, 0.6) is 0 Å². The smallest absolute Gasteiger partial charge is 0.219 e.